The fourth-order valence-corrected chi connectivity index (χ4v) is 6.94. The Morgan fingerprint density at radius 2 is 1.90 bits per heavy atom. The highest BCUT2D eigenvalue weighted by Gasteiger charge is 2.63. The van der Waals surface area contributed by atoms with Crippen molar-refractivity contribution >= 4 is 39.0 Å². The number of carbonyl (C=O) groups excluding carboxylic acids is 1. The zero-order valence-electron chi connectivity index (χ0n) is 19.9. The van der Waals surface area contributed by atoms with E-state index in [2.05, 4.69) is 19.7 Å². The van der Waals surface area contributed by atoms with Crippen LogP contribution in [0.5, 0.6) is 0 Å². The molecule has 2 fully saturated rings. The topological polar surface area (TPSA) is 151 Å². The van der Waals surface area contributed by atoms with Crippen LogP contribution in [0.1, 0.15) is 23.7 Å². The number of amides is 2. The number of thiophene rings is 1. The van der Waals surface area contributed by atoms with E-state index in [4.69, 9.17) is 4.74 Å². The summed E-state index contributed by atoms with van der Waals surface area (Å²) in [7, 11) is -4.37. The lowest BCUT2D eigenvalue weighted by Crippen LogP contribution is -2.44. The van der Waals surface area contributed by atoms with Gasteiger partial charge in [-0.3, -0.25) is 4.79 Å². The number of sulfonamides is 1. The van der Waals surface area contributed by atoms with Crippen molar-refractivity contribution in [1.82, 2.24) is 14.8 Å². The van der Waals surface area contributed by atoms with Gasteiger partial charge < -0.3 is 24.6 Å². The molecular weight excluding hydrogens is 565 g/mol. The fourth-order valence-electron chi connectivity index (χ4n) is 4.28. The second kappa shape index (κ2) is 9.93. The predicted octanol–water partition coefficient (Wildman–Crippen LogP) is 3.58. The van der Waals surface area contributed by atoms with Crippen molar-refractivity contribution in [2.45, 2.75) is 28.3 Å². The number of ether oxygens (including phenoxy) is 1. The number of nitrogens with zero attached hydrogens (tertiary/aromatic N) is 2. The lowest BCUT2D eigenvalue weighted by molar-refractivity contribution is -0.155. The molecule has 1 aliphatic heterocycles. The van der Waals surface area contributed by atoms with Crippen LogP contribution in [0.2, 0.25) is 0 Å². The predicted molar refractivity (Wildman–Crippen MR) is 131 cm³/mol. The zero-order valence-corrected chi connectivity index (χ0v) is 21.5. The summed E-state index contributed by atoms with van der Waals surface area (Å²) in [5, 5.41) is 16.1. The van der Waals surface area contributed by atoms with Gasteiger partial charge in [-0.2, -0.15) is 17.9 Å². The molecule has 208 valence electrons. The van der Waals surface area contributed by atoms with E-state index in [1.807, 2.05) is 0 Å². The molecule has 3 heterocycles. The number of hydrogen-bond donors (Lipinski definition) is 3. The number of alkyl halides is 3. The number of hydrogen-bond acceptors (Lipinski definition) is 8. The van der Waals surface area contributed by atoms with Crippen LogP contribution >= 0.6 is 11.3 Å². The van der Waals surface area contributed by atoms with Crippen molar-refractivity contribution in [3.05, 3.63) is 53.8 Å². The van der Waals surface area contributed by atoms with E-state index < -0.39 is 39.4 Å². The van der Waals surface area contributed by atoms with Crippen LogP contribution in [-0.2, 0) is 25.7 Å². The standard InChI is InChI=1S/C23H21F3N4O7S2/c24-23(25,26)18-11-16(28-37-18)17-4-5-19(38-17)39(34,35)29-22(20(31)32)12-15(22)13-2-1-3-14(10-13)27-21(33)30-6-8-36-9-7-30/h1-5,10-11,15,29H,6-9,12H2,(H,27,33)(H,31,32). The highest BCUT2D eigenvalue weighted by atomic mass is 32.2. The van der Waals surface area contributed by atoms with Crippen molar-refractivity contribution < 1.29 is 45.5 Å². The van der Waals surface area contributed by atoms with Gasteiger partial charge in [0.15, 0.2) is 0 Å². The minimum absolute atomic E-state index is 0.0428. The largest absolute Gasteiger partial charge is 0.480 e. The molecule has 2 aromatic heterocycles. The molecule has 39 heavy (non-hydrogen) atoms. The molecule has 11 nitrogen and oxygen atoms in total. The normalized spacial score (nSPS) is 21.5. The summed E-state index contributed by atoms with van der Waals surface area (Å²) in [6, 6.07) is 9.22. The summed E-state index contributed by atoms with van der Waals surface area (Å²) in [5.41, 5.74) is -1.12. The first-order valence-electron chi connectivity index (χ1n) is 11.5. The monoisotopic (exact) mass is 586 g/mol. The van der Waals surface area contributed by atoms with E-state index in [9.17, 15) is 36.3 Å². The Morgan fingerprint density at radius 1 is 1.15 bits per heavy atom. The molecular formula is C23H21F3N4O7S2. The Hall–Kier alpha value is -3.47. The molecule has 2 aliphatic rings. The Labute approximate surface area is 223 Å². The number of benzene rings is 1. The molecule has 5 rings (SSSR count). The second-order valence-corrected chi connectivity index (χ2v) is 12.0. The van der Waals surface area contributed by atoms with E-state index in [1.165, 1.54) is 6.07 Å². The van der Waals surface area contributed by atoms with Gasteiger partial charge in [-0.15, -0.1) is 11.3 Å². The van der Waals surface area contributed by atoms with E-state index in [1.54, 1.807) is 29.2 Å². The van der Waals surface area contributed by atoms with Crippen LogP contribution < -0.4 is 10.0 Å². The number of carboxylic acid groups (broad SMARTS) is 1. The third-order valence-electron chi connectivity index (χ3n) is 6.39. The van der Waals surface area contributed by atoms with E-state index in [0.717, 1.165) is 6.07 Å². The minimum Gasteiger partial charge on any atom is -0.480 e. The summed E-state index contributed by atoms with van der Waals surface area (Å²) in [6.45, 7) is 1.72. The number of aromatic nitrogens is 1. The quantitative estimate of drug-likeness (QED) is 0.380. The maximum Gasteiger partial charge on any atom is 0.452 e. The second-order valence-electron chi connectivity index (χ2n) is 8.99. The van der Waals surface area contributed by atoms with Gasteiger partial charge >= 0.3 is 18.2 Å². The van der Waals surface area contributed by atoms with Crippen LogP contribution in [0.3, 0.4) is 0 Å². The van der Waals surface area contributed by atoms with Gasteiger partial charge in [0.2, 0.25) is 5.76 Å². The van der Waals surface area contributed by atoms with Crippen LogP contribution in [-0.4, -0.2) is 67.4 Å². The van der Waals surface area contributed by atoms with Crippen LogP contribution in [0.4, 0.5) is 23.7 Å². The smallest absolute Gasteiger partial charge is 0.452 e. The van der Waals surface area contributed by atoms with Crippen molar-refractivity contribution in [3.63, 3.8) is 0 Å². The third-order valence-corrected chi connectivity index (χ3v) is 9.50. The molecule has 3 N–H and O–H groups in total. The highest BCUT2D eigenvalue weighted by Crippen LogP contribution is 2.53. The number of aliphatic carboxylic acids is 1. The third kappa shape index (κ3) is 5.50. The molecule has 2 amide bonds. The van der Waals surface area contributed by atoms with Gasteiger partial charge in [-0.05, 0) is 36.2 Å². The number of urea groups is 1. The number of rotatable bonds is 7. The van der Waals surface area contributed by atoms with Crippen molar-refractivity contribution in [2.75, 3.05) is 31.6 Å². The molecule has 0 radical (unpaired) electrons. The maximum absolute atomic E-state index is 13.1. The molecule has 0 spiro atoms. The molecule has 1 aliphatic carbocycles. The number of carbonyl (C=O) groups is 2. The first-order chi connectivity index (χ1) is 18.4. The van der Waals surface area contributed by atoms with Crippen LogP contribution in [0, 0.1) is 0 Å². The first kappa shape index (κ1) is 27.1. The lowest BCUT2D eigenvalue weighted by atomic mass is 10.1. The molecule has 16 heteroatoms. The Balaban J connectivity index is 1.32. The summed E-state index contributed by atoms with van der Waals surface area (Å²) >= 11 is 0.623. The first-order valence-corrected chi connectivity index (χ1v) is 13.8. The molecule has 3 aromatic rings. The highest BCUT2D eigenvalue weighted by molar-refractivity contribution is 7.91. The van der Waals surface area contributed by atoms with Gasteiger partial charge in [-0.1, -0.05) is 17.3 Å². The average molecular weight is 587 g/mol. The molecule has 1 aromatic carbocycles. The van der Waals surface area contributed by atoms with Crippen molar-refractivity contribution in [1.29, 1.82) is 0 Å². The molecule has 0 bridgehead atoms. The molecule has 2 atom stereocenters. The SMILES string of the molecule is O=C(Nc1cccc(C2CC2(NS(=O)(=O)c2ccc(-c3cc(C(F)(F)F)on3)s2)C(=O)O)c1)N1CCOCC1. The lowest BCUT2D eigenvalue weighted by Gasteiger charge is -2.27. The number of anilines is 1. The number of nitrogens with one attached hydrogen (secondary N) is 2. The Kier molecular flexibility index (Phi) is 6.90. The summed E-state index contributed by atoms with van der Waals surface area (Å²) < 4.78 is 76.1. The summed E-state index contributed by atoms with van der Waals surface area (Å²) in [5.74, 6) is -3.45. The summed E-state index contributed by atoms with van der Waals surface area (Å²) in [4.78, 5) is 26.4. The van der Waals surface area contributed by atoms with Gasteiger partial charge in [-0.25, -0.2) is 13.2 Å². The zero-order chi connectivity index (χ0) is 28.0. The van der Waals surface area contributed by atoms with E-state index in [0.29, 0.717) is 55.0 Å². The Bertz CT molecular complexity index is 1520. The van der Waals surface area contributed by atoms with Crippen LogP contribution in [0.25, 0.3) is 10.6 Å². The van der Waals surface area contributed by atoms with Gasteiger partial charge in [0, 0.05) is 30.8 Å². The minimum atomic E-state index is -4.75. The number of carboxylic acids is 1. The van der Waals surface area contributed by atoms with Gasteiger partial charge in [0.05, 0.1) is 18.1 Å². The van der Waals surface area contributed by atoms with E-state index in [-0.39, 0.29) is 27.2 Å². The van der Waals surface area contributed by atoms with Crippen LogP contribution in [0.15, 0.2) is 51.2 Å². The Morgan fingerprint density at radius 3 is 2.56 bits per heavy atom. The van der Waals surface area contributed by atoms with Crippen molar-refractivity contribution in [2.24, 2.45) is 0 Å². The summed E-state index contributed by atoms with van der Waals surface area (Å²) in [6.07, 6.45) is -4.80. The van der Waals surface area contributed by atoms with Crippen molar-refractivity contribution in [3.8, 4) is 10.6 Å². The maximum atomic E-state index is 13.1. The van der Waals surface area contributed by atoms with E-state index >= 15 is 0 Å². The fraction of sp³-hybridized carbons (Fsp3) is 0.348. The van der Waals surface area contributed by atoms with Gasteiger partial charge in [0.25, 0.3) is 10.0 Å². The van der Waals surface area contributed by atoms with Gasteiger partial charge in [0.1, 0.15) is 15.4 Å². The number of halogens is 3. The molecule has 1 saturated carbocycles. The molecule has 1 saturated heterocycles. The number of morpholine rings is 1. The average Bonchev–Trinajstić information content (AvgIpc) is 3.24. The molecule has 2 unspecified atom stereocenters.